The van der Waals surface area contributed by atoms with Crippen molar-refractivity contribution in [2.24, 2.45) is 30.4 Å². The molecule has 6 rings (SSSR count). The van der Waals surface area contributed by atoms with E-state index in [2.05, 4.69) is 30.4 Å². The Hall–Kier alpha value is -5.50. The first kappa shape index (κ1) is 43.2. The number of nitrogens with zero attached hydrogens (tertiary/aromatic N) is 6. The van der Waals surface area contributed by atoms with Gasteiger partial charge in [-0.25, -0.2) is 14.8 Å². The van der Waals surface area contributed by atoms with Crippen LogP contribution in [-0.2, 0) is 10.1 Å². The predicted molar refractivity (Wildman–Crippen MR) is 212 cm³/mol. The second-order valence-electron chi connectivity index (χ2n) is 11.4. The van der Waals surface area contributed by atoms with Crippen molar-refractivity contribution in [2.45, 2.75) is 4.90 Å². The molecule has 0 unspecified atom stereocenters. The van der Waals surface area contributed by atoms with E-state index in [1.165, 1.54) is 60.7 Å². The topological polar surface area (TPSA) is 273 Å². The first-order valence-electron chi connectivity index (χ1n) is 15.5. The largest absolute Gasteiger partial charge is 0.507 e. The Balaban J connectivity index is 0.00000348. The van der Waals surface area contributed by atoms with E-state index in [0.29, 0.717) is 28.2 Å². The summed E-state index contributed by atoms with van der Waals surface area (Å²) in [5.74, 6) is -2.95. The summed E-state index contributed by atoms with van der Waals surface area (Å²) in [5.41, 5.74) is 7.46. The Morgan fingerprint density at radius 1 is 0.571 bits per heavy atom. The quantitative estimate of drug-likeness (QED) is 0.0175. The molecule has 0 saturated heterocycles. The fraction of sp³-hybridized carbons (Fsp3) is 0. The number of rotatable bonds is 10. The van der Waals surface area contributed by atoms with Crippen LogP contribution in [0, 0.1) is 0 Å². The Morgan fingerprint density at radius 2 is 1.05 bits per heavy atom. The van der Waals surface area contributed by atoms with Gasteiger partial charge in [-0.2, -0.15) is 23.8 Å². The molecule has 0 spiro atoms. The van der Waals surface area contributed by atoms with Crippen LogP contribution in [-0.4, -0.2) is 115 Å². The molecule has 8 N–H and O–H groups in total. The maximum Gasteiger partial charge on any atom is 0.339 e. The zero-order chi connectivity index (χ0) is 38.6. The number of hydrogen-bond acceptors (Lipinski definition) is 12. The molecule has 0 heterocycles. The minimum Gasteiger partial charge on any atom is -0.507 e. The molecule has 272 valence electrons. The third-order valence-corrected chi connectivity index (χ3v) is 8.55. The fourth-order valence-corrected chi connectivity index (χ4v) is 5.62. The number of nitrogen functional groups attached to an aromatic ring is 1. The SMILES string of the molecule is Nc1ccc(C(O)=Nc2ccc3c(O)c(N=Nc4ccc(C(O)=Nc5ccc(N=Nc6ccc(O)c(C(=O)O)c6)cc5)cc4)c(S(=O)(=O)O)cc3c2)cc1.[Na].[Na]. The van der Waals surface area contributed by atoms with Gasteiger partial charge < -0.3 is 31.3 Å². The molecule has 16 nitrogen and oxygen atoms in total. The fourth-order valence-electron chi connectivity index (χ4n) is 4.96. The number of carboxylic acid groups (broad SMARTS) is 1. The van der Waals surface area contributed by atoms with Crippen molar-refractivity contribution >= 4 is 138 Å². The van der Waals surface area contributed by atoms with Gasteiger partial charge in [0.1, 0.15) is 21.9 Å². The van der Waals surface area contributed by atoms with Crippen molar-refractivity contribution in [3.05, 3.63) is 132 Å². The van der Waals surface area contributed by atoms with Crippen molar-refractivity contribution in [2.75, 3.05) is 5.73 Å². The molecule has 0 aliphatic carbocycles. The van der Waals surface area contributed by atoms with E-state index in [1.807, 2.05) is 0 Å². The first-order valence-corrected chi connectivity index (χ1v) is 17.0. The number of aliphatic imine (C=N–C) groups is 2. The van der Waals surface area contributed by atoms with Crippen LogP contribution in [0.25, 0.3) is 10.8 Å². The second-order valence-corrected chi connectivity index (χ2v) is 12.8. The van der Waals surface area contributed by atoms with Crippen LogP contribution in [0.1, 0.15) is 21.5 Å². The Labute approximate surface area is 362 Å². The number of hydrogen-bond donors (Lipinski definition) is 7. The minimum atomic E-state index is -4.91. The maximum absolute atomic E-state index is 12.3. The molecule has 0 fully saturated rings. The molecule has 6 aromatic carbocycles. The summed E-state index contributed by atoms with van der Waals surface area (Å²) >= 11 is 0. The zero-order valence-electron chi connectivity index (χ0n) is 29.5. The van der Waals surface area contributed by atoms with Gasteiger partial charge in [0.25, 0.3) is 10.1 Å². The summed E-state index contributed by atoms with van der Waals surface area (Å²) in [4.78, 5) is 18.8. The minimum absolute atomic E-state index is 0. The number of anilines is 1. The molecule has 56 heavy (non-hydrogen) atoms. The van der Waals surface area contributed by atoms with Gasteiger partial charge in [0.05, 0.1) is 28.4 Å². The Morgan fingerprint density at radius 3 is 1.64 bits per heavy atom. The van der Waals surface area contributed by atoms with Crippen LogP contribution >= 0.6 is 0 Å². The van der Waals surface area contributed by atoms with E-state index >= 15 is 0 Å². The molecular weight excluding hydrogens is 764 g/mol. The van der Waals surface area contributed by atoms with Crippen molar-refractivity contribution in [3.8, 4) is 11.5 Å². The van der Waals surface area contributed by atoms with Crippen molar-refractivity contribution in [1.29, 1.82) is 0 Å². The summed E-state index contributed by atoms with van der Waals surface area (Å²) in [5, 5.41) is 67.2. The average molecular weight is 792 g/mol. The summed E-state index contributed by atoms with van der Waals surface area (Å²) < 4.78 is 34.7. The molecule has 0 aliphatic heterocycles. The monoisotopic (exact) mass is 791 g/mol. The third kappa shape index (κ3) is 10.4. The molecule has 0 aliphatic rings. The number of phenols is 2. The Kier molecular flexibility index (Phi) is 14.2. The average Bonchev–Trinajstić information content (AvgIpc) is 3.14. The van der Waals surface area contributed by atoms with Gasteiger partial charge in [0.15, 0.2) is 5.75 Å². The normalized spacial score (nSPS) is 12.1. The van der Waals surface area contributed by atoms with Crippen LogP contribution in [0.2, 0.25) is 0 Å². The number of nitrogens with two attached hydrogens (primary N) is 1. The predicted octanol–water partition coefficient (Wildman–Crippen LogP) is 8.12. The van der Waals surface area contributed by atoms with E-state index in [4.69, 9.17) is 10.8 Å². The van der Waals surface area contributed by atoms with Crippen molar-refractivity contribution in [3.63, 3.8) is 0 Å². The van der Waals surface area contributed by atoms with Gasteiger partial charge in [-0.05, 0) is 121 Å². The third-order valence-electron chi connectivity index (χ3n) is 7.68. The van der Waals surface area contributed by atoms with Gasteiger partial charge in [-0.3, -0.25) is 4.55 Å². The molecule has 6 aromatic rings. The zero-order valence-corrected chi connectivity index (χ0v) is 34.4. The van der Waals surface area contributed by atoms with Gasteiger partial charge in [-0.1, -0.05) is 0 Å². The number of fused-ring (bicyclic) bond motifs is 1. The molecule has 0 atom stereocenters. The van der Waals surface area contributed by atoms with Crippen LogP contribution in [0.5, 0.6) is 11.5 Å². The number of phenolic OH excluding ortho intramolecular Hbond substituents is 1. The number of aromatic carboxylic acids is 1. The molecule has 0 saturated carbocycles. The summed E-state index contributed by atoms with van der Waals surface area (Å²) in [6.07, 6.45) is 0. The number of carboxylic acids is 1. The van der Waals surface area contributed by atoms with E-state index in [9.17, 15) is 38.2 Å². The van der Waals surface area contributed by atoms with Crippen molar-refractivity contribution < 1.29 is 43.3 Å². The maximum atomic E-state index is 12.3. The van der Waals surface area contributed by atoms with E-state index in [0.717, 1.165) is 6.07 Å². The number of benzene rings is 6. The summed E-state index contributed by atoms with van der Waals surface area (Å²) in [7, 11) is -4.91. The molecule has 2 radical (unpaired) electrons. The number of azo groups is 2. The van der Waals surface area contributed by atoms with E-state index in [-0.39, 0.29) is 104 Å². The van der Waals surface area contributed by atoms with E-state index in [1.54, 1.807) is 48.5 Å². The molecule has 19 heteroatoms. The molecular formula is C37H27N7Na2O9S. The standard InChI is InChI=1S/C37H27N7O9S.2Na/c38-23-5-1-20(2-6-23)36(48)40-27-13-15-29-22(17-27)18-32(54(51,52)53)33(34(29)46)44-42-25-7-3-21(4-8-25)35(47)39-24-9-11-26(12-10-24)41-43-28-14-16-31(45)30(19-28)37(49)50;;/h1-19,45-46H,38H2,(H,39,47)(H,40,48)(H,49,50)(H,51,52,53);;. The van der Waals surface area contributed by atoms with Crippen LogP contribution in [0.4, 0.5) is 39.8 Å². The van der Waals surface area contributed by atoms with Gasteiger partial charge >= 0.3 is 5.97 Å². The van der Waals surface area contributed by atoms with Crippen molar-refractivity contribution in [1.82, 2.24) is 0 Å². The Bertz CT molecular complexity index is 2660. The van der Waals surface area contributed by atoms with Crippen LogP contribution < -0.4 is 5.73 Å². The van der Waals surface area contributed by atoms with Gasteiger partial charge in [0.2, 0.25) is 11.8 Å². The summed E-state index contributed by atoms with van der Waals surface area (Å²) in [6.45, 7) is 0. The number of carbonyl (C=O) groups is 1. The van der Waals surface area contributed by atoms with Gasteiger partial charge in [-0.15, -0.1) is 5.11 Å². The van der Waals surface area contributed by atoms with Gasteiger partial charge in [0, 0.05) is 81.3 Å². The molecule has 0 bridgehead atoms. The molecule has 0 aromatic heterocycles. The van der Waals surface area contributed by atoms with E-state index < -0.39 is 38.2 Å². The number of aromatic hydroxyl groups is 2. The second kappa shape index (κ2) is 18.4. The molecule has 0 amide bonds. The number of aliphatic hydroxyl groups is 2. The van der Waals surface area contributed by atoms with Crippen LogP contribution in [0.3, 0.4) is 0 Å². The first-order chi connectivity index (χ1) is 25.7. The summed E-state index contributed by atoms with van der Waals surface area (Å²) in [6, 6.07) is 27.7. The smallest absolute Gasteiger partial charge is 0.339 e. The number of aliphatic hydroxyl groups excluding tert-OH is 2. The van der Waals surface area contributed by atoms with Crippen LogP contribution in [0.15, 0.2) is 151 Å².